The van der Waals surface area contributed by atoms with Crippen LogP contribution in [-0.4, -0.2) is 27.8 Å². The standard InChI is InChI=1S/C23H21N3O2S2/c1-15(21(27)25(2)17-12-8-5-9-13-17)29-23-24-20-18(22(28)26(23)3)14-19(30-20)16-10-6-4-7-11-16/h4-15H,1-3H3. The maximum Gasteiger partial charge on any atom is 0.262 e. The Kier molecular flexibility index (Phi) is 5.74. The van der Waals surface area contributed by atoms with Crippen molar-refractivity contribution < 1.29 is 4.79 Å². The first-order valence-electron chi connectivity index (χ1n) is 9.51. The van der Waals surface area contributed by atoms with Crippen molar-refractivity contribution in [2.24, 2.45) is 7.05 Å². The van der Waals surface area contributed by atoms with Gasteiger partial charge in [0, 0.05) is 24.7 Å². The summed E-state index contributed by atoms with van der Waals surface area (Å²) in [6, 6.07) is 21.4. The van der Waals surface area contributed by atoms with Gasteiger partial charge in [-0.3, -0.25) is 14.2 Å². The Labute approximate surface area is 183 Å². The van der Waals surface area contributed by atoms with E-state index < -0.39 is 0 Å². The average molecular weight is 436 g/mol. The number of benzene rings is 2. The summed E-state index contributed by atoms with van der Waals surface area (Å²) in [5.41, 5.74) is 1.79. The van der Waals surface area contributed by atoms with Gasteiger partial charge in [0.2, 0.25) is 5.91 Å². The number of nitrogens with zero attached hydrogens (tertiary/aromatic N) is 3. The van der Waals surface area contributed by atoms with Gasteiger partial charge in [0.05, 0.1) is 10.6 Å². The number of thioether (sulfide) groups is 1. The highest BCUT2D eigenvalue weighted by atomic mass is 32.2. The smallest absolute Gasteiger partial charge is 0.262 e. The van der Waals surface area contributed by atoms with Gasteiger partial charge in [-0.2, -0.15) is 0 Å². The molecule has 2 aromatic heterocycles. The lowest BCUT2D eigenvalue weighted by Gasteiger charge is -2.21. The molecule has 0 saturated carbocycles. The van der Waals surface area contributed by atoms with Crippen molar-refractivity contribution in [1.29, 1.82) is 0 Å². The zero-order valence-corrected chi connectivity index (χ0v) is 18.5. The summed E-state index contributed by atoms with van der Waals surface area (Å²) in [6.07, 6.45) is 0. The Morgan fingerprint density at radius 3 is 2.40 bits per heavy atom. The highest BCUT2D eigenvalue weighted by molar-refractivity contribution is 8.00. The average Bonchev–Trinajstić information content (AvgIpc) is 3.21. The number of carbonyl (C=O) groups is 1. The predicted molar refractivity (Wildman–Crippen MR) is 125 cm³/mol. The van der Waals surface area contributed by atoms with E-state index in [0.717, 1.165) is 16.1 Å². The molecule has 5 nitrogen and oxygen atoms in total. The fraction of sp³-hybridized carbons (Fsp3) is 0.174. The van der Waals surface area contributed by atoms with Crippen LogP contribution in [0.4, 0.5) is 5.69 Å². The van der Waals surface area contributed by atoms with E-state index in [9.17, 15) is 9.59 Å². The van der Waals surface area contributed by atoms with Crippen LogP contribution in [-0.2, 0) is 11.8 Å². The minimum atomic E-state index is -0.390. The summed E-state index contributed by atoms with van der Waals surface area (Å²) in [5.74, 6) is -0.0447. The molecule has 0 aliphatic heterocycles. The Morgan fingerprint density at radius 1 is 1.10 bits per heavy atom. The lowest BCUT2D eigenvalue weighted by atomic mass is 10.2. The van der Waals surface area contributed by atoms with E-state index in [1.807, 2.05) is 73.7 Å². The molecule has 1 atom stereocenters. The van der Waals surface area contributed by atoms with Gasteiger partial charge in [0.1, 0.15) is 4.83 Å². The van der Waals surface area contributed by atoms with Gasteiger partial charge in [0.25, 0.3) is 5.56 Å². The van der Waals surface area contributed by atoms with Crippen LogP contribution in [0.15, 0.2) is 76.7 Å². The maximum absolute atomic E-state index is 12.9. The first-order chi connectivity index (χ1) is 14.5. The van der Waals surface area contributed by atoms with Crippen LogP contribution in [0.2, 0.25) is 0 Å². The van der Waals surface area contributed by atoms with Crippen molar-refractivity contribution in [3.8, 4) is 10.4 Å². The topological polar surface area (TPSA) is 55.2 Å². The highest BCUT2D eigenvalue weighted by Gasteiger charge is 2.22. The molecule has 1 unspecified atom stereocenters. The normalized spacial score (nSPS) is 12.1. The molecule has 0 aliphatic carbocycles. The van der Waals surface area contributed by atoms with Crippen LogP contribution in [0.3, 0.4) is 0 Å². The van der Waals surface area contributed by atoms with Crippen molar-refractivity contribution in [1.82, 2.24) is 9.55 Å². The monoisotopic (exact) mass is 435 g/mol. The third kappa shape index (κ3) is 3.91. The minimum absolute atomic E-state index is 0.0447. The van der Waals surface area contributed by atoms with Crippen LogP contribution in [0.1, 0.15) is 6.92 Å². The van der Waals surface area contributed by atoms with E-state index in [4.69, 9.17) is 4.98 Å². The van der Waals surface area contributed by atoms with Crippen LogP contribution >= 0.6 is 23.1 Å². The van der Waals surface area contributed by atoms with Gasteiger partial charge in [0.15, 0.2) is 5.16 Å². The SMILES string of the molecule is CC(Sc1nc2sc(-c3ccccc3)cc2c(=O)n1C)C(=O)N(C)c1ccccc1. The Balaban J connectivity index is 1.63. The van der Waals surface area contributed by atoms with Crippen molar-refractivity contribution in [2.45, 2.75) is 17.3 Å². The molecule has 152 valence electrons. The number of carbonyl (C=O) groups excluding carboxylic acids is 1. The summed E-state index contributed by atoms with van der Waals surface area (Å²) in [5, 5.41) is 0.752. The van der Waals surface area contributed by atoms with Crippen molar-refractivity contribution in [3.63, 3.8) is 0 Å². The molecule has 1 amide bonds. The number of para-hydroxylation sites is 1. The van der Waals surface area contributed by atoms with Crippen molar-refractivity contribution in [2.75, 3.05) is 11.9 Å². The van der Waals surface area contributed by atoms with Crippen molar-refractivity contribution in [3.05, 3.63) is 77.1 Å². The summed E-state index contributed by atoms with van der Waals surface area (Å²) in [4.78, 5) is 33.8. The second-order valence-corrected chi connectivity index (χ2v) is 9.29. The number of thiophene rings is 1. The molecule has 0 radical (unpaired) electrons. The number of rotatable bonds is 5. The number of fused-ring (bicyclic) bond motifs is 1. The zero-order valence-electron chi connectivity index (χ0n) is 16.9. The second-order valence-electron chi connectivity index (χ2n) is 6.95. The van der Waals surface area contributed by atoms with Gasteiger partial charge in [-0.1, -0.05) is 60.3 Å². The molecule has 2 heterocycles. The third-order valence-electron chi connectivity index (χ3n) is 4.89. The molecule has 4 rings (SSSR count). The van der Waals surface area contributed by atoms with Gasteiger partial charge in [-0.15, -0.1) is 11.3 Å². The Hall–Kier alpha value is -2.90. The second kappa shape index (κ2) is 8.45. The quantitative estimate of drug-likeness (QED) is 0.334. The molecule has 7 heteroatoms. The number of aromatic nitrogens is 2. The molecular weight excluding hydrogens is 414 g/mol. The van der Waals surface area contributed by atoms with Crippen LogP contribution < -0.4 is 10.5 Å². The molecule has 30 heavy (non-hydrogen) atoms. The summed E-state index contributed by atoms with van der Waals surface area (Å²) in [7, 11) is 3.46. The van der Waals surface area contributed by atoms with Crippen molar-refractivity contribution >= 4 is 44.9 Å². The first kappa shape index (κ1) is 20.4. The van der Waals surface area contributed by atoms with E-state index in [1.54, 1.807) is 19.0 Å². The first-order valence-corrected chi connectivity index (χ1v) is 11.2. The van der Waals surface area contributed by atoms with E-state index >= 15 is 0 Å². The lowest BCUT2D eigenvalue weighted by molar-refractivity contribution is -0.117. The fourth-order valence-corrected chi connectivity index (χ4v) is 5.20. The van der Waals surface area contributed by atoms with E-state index in [1.165, 1.54) is 27.7 Å². The van der Waals surface area contributed by atoms with E-state index in [-0.39, 0.29) is 16.7 Å². The number of hydrogen-bond acceptors (Lipinski definition) is 5. The Bertz CT molecular complexity index is 1250. The molecule has 0 fully saturated rings. The largest absolute Gasteiger partial charge is 0.315 e. The molecule has 0 saturated heterocycles. The van der Waals surface area contributed by atoms with Crippen LogP contribution in [0, 0.1) is 0 Å². The molecule has 2 aromatic carbocycles. The fourth-order valence-electron chi connectivity index (χ4n) is 3.16. The molecule has 0 N–H and O–H groups in total. The number of hydrogen-bond donors (Lipinski definition) is 0. The summed E-state index contributed by atoms with van der Waals surface area (Å²) in [6.45, 7) is 1.84. The molecule has 0 spiro atoms. The molecule has 4 aromatic rings. The van der Waals surface area contributed by atoms with Crippen LogP contribution in [0.5, 0.6) is 0 Å². The zero-order chi connectivity index (χ0) is 21.3. The van der Waals surface area contributed by atoms with Gasteiger partial charge in [-0.05, 0) is 30.7 Å². The molecular formula is C23H21N3O2S2. The van der Waals surface area contributed by atoms with Gasteiger partial charge < -0.3 is 4.90 Å². The third-order valence-corrected chi connectivity index (χ3v) is 7.10. The summed E-state index contributed by atoms with van der Waals surface area (Å²) < 4.78 is 1.53. The van der Waals surface area contributed by atoms with Gasteiger partial charge >= 0.3 is 0 Å². The van der Waals surface area contributed by atoms with Crippen LogP contribution in [0.25, 0.3) is 20.7 Å². The molecule has 0 aliphatic rings. The highest BCUT2D eigenvalue weighted by Crippen LogP contribution is 2.32. The lowest BCUT2D eigenvalue weighted by Crippen LogP contribution is -2.33. The predicted octanol–water partition coefficient (Wildman–Crippen LogP) is 4.81. The minimum Gasteiger partial charge on any atom is -0.315 e. The van der Waals surface area contributed by atoms with E-state index in [2.05, 4.69) is 0 Å². The number of anilines is 1. The Morgan fingerprint density at radius 2 is 1.73 bits per heavy atom. The van der Waals surface area contributed by atoms with Gasteiger partial charge in [-0.25, -0.2) is 4.98 Å². The van der Waals surface area contributed by atoms with E-state index in [0.29, 0.717) is 15.4 Å². The molecule has 0 bridgehead atoms. The maximum atomic E-state index is 12.9. The number of amides is 1. The summed E-state index contributed by atoms with van der Waals surface area (Å²) >= 11 is 2.80.